The second-order valence-electron chi connectivity index (χ2n) is 6.27. The van der Waals surface area contributed by atoms with Gasteiger partial charge in [-0.3, -0.25) is 9.69 Å². The normalized spacial score (nSPS) is 17.2. The number of rotatable bonds is 7. The molecule has 1 amide bonds. The number of likely N-dealkylation sites (N-methyl/N-ethyl adjacent to an activating group) is 1. The van der Waals surface area contributed by atoms with Crippen molar-refractivity contribution in [3.8, 4) is 0 Å². The third-order valence-corrected chi connectivity index (χ3v) is 4.44. The van der Waals surface area contributed by atoms with Gasteiger partial charge in [-0.25, -0.2) is 18.2 Å². The Labute approximate surface area is 180 Å². The van der Waals surface area contributed by atoms with Gasteiger partial charge < -0.3 is 16.0 Å². The standard InChI is InChI=1S/C18H26F3N5O.HI/c1-3-22-18(23-10-12-6-5-9-26(12)4-2)24-11-15(27)25-14-8-7-13(19)16(20)17(14)21;/h7-8,12H,3-6,9-11H2,1-2H3,(H,25,27)(H2,22,23,24);1H. The Morgan fingerprint density at radius 1 is 1.21 bits per heavy atom. The number of carbonyl (C=O) groups excluding carboxylic acids is 1. The van der Waals surface area contributed by atoms with Gasteiger partial charge in [-0.2, -0.15) is 0 Å². The summed E-state index contributed by atoms with van der Waals surface area (Å²) in [4.78, 5) is 18.5. The van der Waals surface area contributed by atoms with Crippen LogP contribution in [0.25, 0.3) is 0 Å². The lowest BCUT2D eigenvalue weighted by Crippen LogP contribution is -2.45. The highest BCUT2D eigenvalue weighted by Crippen LogP contribution is 2.19. The number of amides is 1. The smallest absolute Gasteiger partial charge is 0.246 e. The Morgan fingerprint density at radius 2 is 1.96 bits per heavy atom. The highest BCUT2D eigenvalue weighted by molar-refractivity contribution is 14.0. The van der Waals surface area contributed by atoms with E-state index < -0.39 is 29.0 Å². The summed E-state index contributed by atoms with van der Waals surface area (Å²) < 4.78 is 39.8. The highest BCUT2D eigenvalue weighted by Gasteiger charge is 2.22. The van der Waals surface area contributed by atoms with Crippen LogP contribution < -0.4 is 16.0 Å². The molecule has 6 nitrogen and oxygen atoms in total. The van der Waals surface area contributed by atoms with Crippen LogP contribution in [0, 0.1) is 17.5 Å². The fourth-order valence-electron chi connectivity index (χ4n) is 3.06. The Hall–Kier alpha value is -1.56. The number of nitrogens with one attached hydrogen (secondary N) is 3. The van der Waals surface area contributed by atoms with Crippen LogP contribution in [0.1, 0.15) is 26.7 Å². The van der Waals surface area contributed by atoms with E-state index in [0.29, 0.717) is 25.1 Å². The summed E-state index contributed by atoms with van der Waals surface area (Å²) in [6.45, 7) is 7.14. The Bertz CT molecular complexity index is 689. The van der Waals surface area contributed by atoms with Gasteiger partial charge in [-0.05, 0) is 45.0 Å². The molecule has 0 spiro atoms. The quantitative estimate of drug-likeness (QED) is 0.227. The lowest BCUT2D eigenvalue weighted by atomic mass is 10.2. The molecule has 0 saturated carbocycles. The van der Waals surface area contributed by atoms with Gasteiger partial charge in [0.05, 0.1) is 5.69 Å². The molecule has 1 aromatic rings. The molecule has 2 rings (SSSR count). The Kier molecular flexibility index (Phi) is 10.6. The predicted molar refractivity (Wildman–Crippen MR) is 115 cm³/mol. The van der Waals surface area contributed by atoms with Crippen molar-refractivity contribution in [2.75, 3.05) is 38.0 Å². The molecule has 0 aliphatic carbocycles. The predicted octanol–water partition coefficient (Wildman–Crippen LogP) is 2.70. The fraction of sp³-hybridized carbons (Fsp3) is 0.556. The van der Waals surface area contributed by atoms with Crippen molar-refractivity contribution >= 4 is 41.5 Å². The second-order valence-corrected chi connectivity index (χ2v) is 6.27. The van der Waals surface area contributed by atoms with Gasteiger partial charge >= 0.3 is 0 Å². The number of guanidine groups is 1. The molecule has 1 aliphatic heterocycles. The third-order valence-electron chi connectivity index (χ3n) is 4.44. The molecule has 1 saturated heterocycles. The first-order valence-electron chi connectivity index (χ1n) is 9.15. The maximum Gasteiger partial charge on any atom is 0.246 e. The van der Waals surface area contributed by atoms with Crippen molar-refractivity contribution in [1.29, 1.82) is 0 Å². The molecule has 1 aromatic carbocycles. The molecule has 1 unspecified atom stereocenters. The van der Waals surface area contributed by atoms with Crippen LogP contribution >= 0.6 is 24.0 Å². The monoisotopic (exact) mass is 513 g/mol. The molecule has 0 radical (unpaired) electrons. The van der Waals surface area contributed by atoms with E-state index in [1.54, 1.807) is 0 Å². The Morgan fingerprint density at radius 3 is 2.64 bits per heavy atom. The maximum atomic E-state index is 13.6. The number of hydrogen-bond acceptors (Lipinski definition) is 3. The molecule has 10 heteroatoms. The first kappa shape index (κ1) is 24.5. The van der Waals surface area contributed by atoms with Crippen LogP contribution in [0.4, 0.5) is 18.9 Å². The molecule has 28 heavy (non-hydrogen) atoms. The van der Waals surface area contributed by atoms with Gasteiger partial charge in [-0.15, -0.1) is 24.0 Å². The number of likely N-dealkylation sites (tertiary alicyclic amines) is 1. The molecule has 1 fully saturated rings. The SMILES string of the molecule is CCNC(=NCC(=O)Nc1ccc(F)c(F)c1F)NCC1CCCN1CC.I. The van der Waals surface area contributed by atoms with E-state index in [-0.39, 0.29) is 30.5 Å². The highest BCUT2D eigenvalue weighted by atomic mass is 127. The lowest BCUT2D eigenvalue weighted by molar-refractivity contribution is -0.114. The van der Waals surface area contributed by atoms with Crippen LogP contribution in [0.3, 0.4) is 0 Å². The first-order valence-corrected chi connectivity index (χ1v) is 9.15. The van der Waals surface area contributed by atoms with Gasteiger partial charge in [0, 0.05) is 19.1 Å². The minimum atomic E-state index is -1.62. The van der Waals surface area contributed by atoms with Gasteiger partial charge in [-0.1, -0.05) is 6.92 Å². The van der Waals surface area contributed by atoms with Crippen LogP contribution in [-0.4, -0.2) is 55.5 Å². The van der Waals surface area contributed by atoms with Crippen molar-refractivity contribution in [3.63, 3.8) is 0 Å². The zero-order chi connectivity index (χ0) is 19.8. The van der Waals surface area contributed by atoms with E-state index in [2.05, 4.69) is 32.8 Å². The number of anilines is 1. The van der Waals surface area contributed by atoms with Crippen LogP contribution in [0.5, 0.6) is 0 Å². The molecule has 1 heterocycles. The summed E-state index contributed by atoms with van der Waals surface area (Å²) in [5, 5.41) is 8.45. The number of aliphatic imine (C=N–C) groups is 1. The average Bonchev–Trinajstić information content (AvgIpc) is 3.12. The third kappa shape index (κ3) is 6.80. The average molecular weight is 513 g/mol. The molecular weight excluding hydrogens is 486 g/mol. The van der Waals surface area contributed by atoms with Crippen molar-refractivity contribution in [1.82, 2.24) is 15.5 Å². The molecule has 158 valence electrons. The zero-order valence-electron chi connectivity index (χ0n) is 16.0. The van der Waals surface area contributed by atoms with Crippen molar-refractivity contribution in [2.45, 2.75) is 32.7 Å². The first-order chi connectivity index (χ1) is 13.0. The van der Waals surface area contributed by atoms with Crippen LogP contribution in [0.2, 0.25) is 0 Å². The van der Waals surface area contributed by atoms with Gasteiger partial charge in [0.25, 0.3) is 0 Å². The van der Waals surface area contributed by atoms with E-state index in [4.69, 9.17) is 0 Å². The summed E-state index contributed by atoms with van der Waals surface area (Å²) in [5.41, 5.74) is -0.420. The number of hydrogen-bond donors (Lipinski definition) is 3. The molecule has 1 aliphatic rings. The molecule has 3 N–H and O–H groups in total. The molecule has 0 aromatic heterocycles. The topological polar surface area (TPSA) is 68.8 Å². The largest absolute Gasteiger partial charge is 0.357 e. The van der Waals surface area contributed by atoms with E-state index in [1.807, 2.05) is 6.92 Å². The van der Waals surface area contributed by atoms with E-state index in [0.717, 1.165) is 38.1 Å². The number of nitrogens with zero attached hydrogens (tertiary/aromatic N) is 2. The summed E-state index contributed by atoms with van der Waals surface area (Å²) >= 11 is 0. The van der Waals surface area contributed by atoms with Gasteiger partial charge in [0.15, 0.2) is 23.4 Å². The van der Waals surface area contributed by atoms with Crippen molar-refractivity contribution in [2.24, 2.45) is 4.99 Å². The summed E-state index contributed by atoms with van der Waals surface area (Å²) in [6, 6.07) is 2.14. The summed E-state index contributed by atoms with van der Waals surface area (Å²) in [5.74, 6) is -4.52. The van der Waals surface area contributed by atoms with Crippen LogP contribution in [-0.2, 0) is 4.79 Å². The van der Waals surface area contributed by atoms with Crippen molar-refractivity contribution < 1.29 is 18.0 Å². The van der Waals surface area contributed by atoms with E-state index in [1.165, 1.54) is 0 Å². The Balaban J connectivity index is 0.00000392. The molecule has 0 bridgehead atoms. The zero-order valence-corrected chi connectivity index (χ0v) is 18.4. The number of benzene rings is 1. The van der Waals surface area contributed by atoms with Crippen LogP contribution in [0.15, 0.2) is 17.1 Å². The van der Waals surface area contributed by atoms with E-state index >= 15 is 0 Å². The fourth-order valence-corrected chi connectivity index (χ4v) is 3.06. The number of carbonyl (C=O) groups is 1. The van der Waals surface area contributed by atoms with Gasteiger partial charge in [0.1, 0.15) is 6.54 Å². The van der Waals surface area contributed by atoms with E-state index in [9.17, 15) is 18.0 Å². The summed E-state index contributed by atoms with van der Waals surface area (Å²) in [7, 11) is 0. The lowest BCUT2D eigenvalue weighted by Gasteiger charge is -2.23. The molecule has 1 atom stereocenters. The minimum Gasteiger partial charge on any atom is -0.357 e. The summed E-state index contributed by atoms with van der Waals surface area (Å²) in [6.07, 6.45) is 2.27. The van der Waals surface area contributed by atoms with Crippen molar-refractivity contribution in [3.05, 3.63) is 29.6 Å². The maximum absolute atomic E-state index is 13.6. The second kappa shape index (κ2) is 12.1. The minimum absolute atomic E-state index is 0. The molecular formula is C18H27F3IN5O. The van der Waals surface area contributed by atoms with Gasteiger partial charge in [0.2, 0.25) is 5.91 Å². The number of halogens is 4.